The van der Waals surface area contributed by atoms with Gasteiger partial charge in [0.1, 0.15) is 11.4 Å². The quantitative estimate of drug-likeness (QED) is 0.641. The number of benzene rings is 1. The molecule has 0 bridgehead atoms. The summed E-state index contributed by atoms with van der Waals surface area (Å²) in [7, 11) is 0. The van der Waals surface area contributed by atoms with Crippen molar-refractivity contribution in [3.05, 3.63) is 29.8 Å². The van der Waals surface area contributed by atoms with Crippen LogP contribution in [0.5, 0.6) is 5.75 Å². The number of carbonyl (C=O) groups is 1. The van der Waals surface area contributed by atoms with E-state index in [1.54, 1.807) is 0 Å². The molecule has 1 heterocycles. The second-order valence-corrected chi connectivity index (χ2v) is 5.54. The zero-order valence-electron chi connectivity index (χ0n) is 12.4. The second-order valence-electron chi connectivity index (χ2n) is 5.54. The lowest BCUT2D eigenvalue weighted by Crippen LogP contribution is -2.39. The predicted molar refractivity (Wildman–Crippen MR) is 77.8 cm³/mol. The molecule has 0 saturated heterocycles. The van der Waals surface area contributed by atoms with E-state index in [-0.39, 0.29) is 17.6 Å². The molecule has 0 radical (unpaired) electrons. The van der Waals surface area contributed by atoms with Crippen LogP contribution in [0.25, 0.3) is 0 Å². The fourth-order valence-electron chi connectivity index (χ4n) is 2.60. The van der Waals surface area contributed by atoms with Gasteiger partial charge in [-0.05, 0) is 39.8 Å². The Bertz CT molecular complexity index is 471. The third-order valence-electron chi connectivity index (χ3n) is 3.51. The van der Waals surface area contributed by atoms with Crippen LogP contribution in [0.1, 0.15) is 45.2 Å². The van der Waals surface area contributed by atoms with Crippen LogP contribution < -0.4 is 10.1 Å². The first-order chi connectivity index (χ1) is 9.54. The summed E-state index contributed by atoms with van der Waals surface area (Å²) in [6.07, 6.45) is 1.23. The van der Waals surface area contributed by atoms with E-state index in [4.69, 9.17) is 9.47 Å². The molecule has 2 rings (SSSR count). The minimum Gasteiger partial charge on any atom is -0.486 e. The van der Waals surface area contributed by atoms with Crippen molar-refractivity contribution in [3.8, 4) is 5.75 Å². The number of esters is 1. The monoisotopic (exact) mass is 277 g/mol. The first-order valence-electron chi connectivity index (χ1n) is 7.21. The second kappa shape index (κ2) is 6.27. The van der Waals surface area contributed by atoms with Gasteiger partial charge in [-0.3, -0.25) is 4.79 Å². The maximum atomic E-state index is 11.3. The molecule has 4 nitrogen and oxygen atoms in total. The van der Waals surface area contributed by atoms with Gasteiger partial charge in [0.2, 0.25) is 0 Å². The summed E-state index contributed by atoms with van der Waals surface area (Å²) in [5.74, 6) is 0.817. The highest BCUT2D eigenvalue weighted by Crippen LogP contribution is 2.42. The first kappa shape index (κ1) is 14.9. The smallest absolute Gasteiger partial charge is 0.305 e. The van der Waals surface area contributed by atoms with Gasteiger partial charge < -0.3 is 14.8 Å². The number of nitrogens with one attached hydrogen (secondary N) is 1. The minimum absolute atomic E-state index is 0.128. The van der Waals surface area contributed by atoms with Crippen molar-refractivity contribution in [1.82, 2.24) is 5.32 Å². The van der Waals surface area contributed by atoms with Crippen LogP contribution in [0.15, 0.2) is 24.3 Å². The molecule has 1 aromatic carbocycles. The molecule has 0 aromatic heterocycles. The van der Waals surface area contributed by atoms with Crippen LogP contribution in [-0.2, 0) is 9.53 Å². The largest absolute Gasteiger partial charge is 0.486 e. The fourth-order valence-corrected chi connectivity index (χ4v) is 2.60. The highest BCUT2D eigenvalue weighted by atomic mass is 16.5. The standard InChI is InChI=1S/C16H23NO3/c1-4-19-14(18)10-7-11-17-15-12-8-5-6-9-13(12)20-16(15,2)3/h5-6,8-9,15,17H,4,7,10-11H2,1-3H3. The van der Waals surface area contributed by atoms with E-state index in [1.807, 2.05) is 25.1 Å². The van der Waals surface area contributed by atoms with Crippen molar-refractivity contribution in [1.29, 1.82) is 0 Å². The van der Waals surface area contributed by atoms with E-state index >= 15 is 0 Å². The third kappa shape index (κ3) is 3.31. The van der Waals surface area contributed by atoms with Crippen LogP contribution in [0.4, 0.5) is 0 Å². The van der Waals surface area contributed by atoms with Gasteiger partial charge >= 0.3 is 5.97 Å². The molecule has 0 saturated carbocycles. The number of ether oxygens (including phenoxy) is 2. The topological polar surface area (TPSA) is 47.6 Å². The van der Waals surface area contributed by atoms with E-state index in [9.17, 15) is 4.79 Å². The minimum atomic E-state index is -0.270. The van der Waals surface area contributed by atoms with Gasteiger partial charge in [0.05, 0.1) is 12.6 Å². The van der Waals surface area contributed by atoms with Crippen molar-refractivity contribution < 1.29 is 14.3 Å². The molecule has 110 valence electrons. The van der Waals surface area contributed by atoms with Crippen LogP contribution in [-0.4, -0.2) is 24.7 Å². The van der Waals surface area contributed by atoms with Gasteiger partial charge in [0.25, 0.3) is 0 Å². The number of carbonyl (C=O) groups excluding carboxylic acids is 1. The Morgan fingerprint density at radius 1 is 1.40 bits per heavy atom. The molecule has 0 spiro atoms. The number of hydrogen-bond donors (Lipinski definition) is 1. The van der Waals surface area contributed by atoms with Gasteiger partial charge in [0, 0.05) is 12.0 Å². The molecule has 0 fully saturated rings. The summed E-state index contributed by atoms with van der Waals surface area (Å²) in [5, 5.41) is 3.49. The zero-order chi connectivity index (χ0) is 14.6. The molecule has 1 aliphatic rings. The van der Waals surface area contributed by atoms with Crippen molar-refractivity contribution >= 4 is 5.97 Å². The Morgan fingerprint density at radius 3 is 2.90 bits per heavy atom. The summed E-state index contributed by atoms with van der Waals surface area (Å²) in [6, 6.07) is 8.25. The number of hydrogen-bond acceptors (Lipinski definition) is 4. The van der Waals surface area contributed by atoms with E-state index in [0.717, 1.165) is 18.7 Å². The Morgan fingerprint density at radius 2 is 2.15 bits per heavy atom. The van der Waals surface area contributed by atoms with E-state index in [2.05, 4.69) is 25.2 Å². The van der Waals surface area contributed by atoms with Crippen LogP contribution in [0.2, 0.25) is 0 Å². The lowest BCUT2D eigenvalue weighted by atomic mass is 9.94. The van der Waals surface area contributed by atoms with Crippen molar-refractivity contribution in [2.45, 2.75) is 45.3 Å². The summed E-state index contributed by atoms with van der Waals surface area (Å²) in [5.41, 5.74) is 0.918. The van der Waals surface area contributed by atoms with Crippen LogP contribution >= 0.6 is 0 Å². The Labute approximate surface area is 120 Å². The highest BCUT2D eigenvalue weighted by molar-refractivity contribution is 5.69. The molecule has 20 heavy (non-hydrogen) atoms. The summed E-state index contributed by atoms with van der Waals surface area (Å²) in [6.45, 7) is 7.20. The van der Waals surface area contributed by atoms with E-state index < -0.39 is 0 Å². The molecule has 1 aliphatic heterocycles. The third-order valence-corrected chi connectivity index (χ3v) is 3.51. The summed E-state index contributed by atoms with van der Waals surface area (Å²) in [4.78, 5) is 11.3. The Balaban J connectivity index is 1.87. The van der Waals surface area contributed by atoms with Gasteiger partial charge in [-0.15, -0.1) is 0 Å². The molecule has 1 aromatic rings. The average Bonchev–Trinajstić information content (AvgIpc) is 2.65. The van der Waals surface area contributed by atoms with Gasteiger partial charge in [-0.25, -0.2) is 0 Å². The lowest BCUT2D eigenvalue weighted by Gasteiger charge is -2.27. The molecule has 4 heteroatoms. The maximum absolute atomic E-state index is 11.3. The molecule has 0 amide bonds. The fraction of sp³-hybridized carbons (Fsp3) is 0.562. The van der Waals surface area contributed by atoms with E-state index in [0.29, 0.717) is 13.0 Å². The van der Waals surface area contributed by atoms with Crippen LogP contribution in [0.3, 0.4) is 0 Å². The Kier molecular flexibility index (Phi) is 4.65. The average molecular weight is 277 g/mol. The molecule has 1 N–H and O–H groups in total. The van der Waals surface area contributed by atoms with Gasteiger partial charge in [-0.1, -0.05) is 18.2 Å². The van der Waals surface area contributed by atoms with Crippen LogP contribution in [0, 0.1) is 0 Å². The summed E-state index contributed by atoms with van der Waals surface area (Å²) < 4.78 is 10.9. The zero-order valence-corrected chi connectivity index (χ0v) is 12.4. The number of fused-ring (bicyclic) bond motifs is 1. The number of para-hydroxylation sites is 1. The molecule has 0 aliphatic carbocycles. The molecular weight excluding hydrogens is 254 g/mol. The Hall–Kier alpha value is -1.55. The lowest BCUT2D eigenvalue weighted by molar-refractivity contribution is -0.143. The van der Waals surface area contributed by atoms with Gasteiger partial charge in [-0.2, -0.15) is 0 Å². The normalized spacial score (nSPS) is 19.2. The van der Waals surface area contributed by atoms with Crippen molar-refractivity contribution in [3.63, 3.8) is 0 Å². The van der Waals surface area contributed by atoms with E-state index in [1.165, 1.54) is 5.56 Å². The number of rotatable bonds is 6. The molecule has 1 unspecified atom stereocenters. The molecular formula is C16H23NO3. The van der Waals surface area contributed by atoms with Gasteiger partial charge in [0.15, 0.2) is 0 Å². The molecule has 1 atom stereocenters. The van der Waals surface area contributed by atoms with Crippen molar-refractivity contribution in [2.75, 3.05) is 13.2 Å². The SMILES string of the molecule is CCOC(=O)CCCNC1c2ccccc2OC1(C)C. The summed E-state index contributed by atoms with van der Waals surface area (Å²) >= 11 is 0. The predicted octanol–water partition coefficient (Wildman–Crippen LogP) is 2.83. The van der Waals surface area contributed by atoms with Crippen molar-refractivity contribution in [2.24, 2.45) is 0 Å². The highest BCUT2D eigenvalue weighted by Gasteiger charge is 2.40. The first-order valence-corrected chi connectivity index (χ1v) is 7.21. The maximum Gasteiger partial charge on any atom is 0.305 e.